The van der Waals surface area contributed by atoms with Gasteiger partial charge in [-0.1, -0.05) is 24.1 Å². The Morgan fingerprint density at radius 2 is 1.81 bits per heavy atom. The van der Waals surface area contributed by atoms with Gasteiger partial charge in [0.05, 0.1) is 6.61 Å². The van der Waals surface area contributed by atoms with E-state index in [1.165, 1.54) is 11.1 Å². The van der Waals surface area contributed by atoms with Crippen LogP contribution in [0, 0.1) is 0 Å². The predicted octanol–water partition coefficient (Wildman–Crippen LogP) is 3.15. The molecule has 3 heteroatoms. The molecule has 0 fully saturated rings. The molecule has 0 unspecified atom stereocenters. The standard InChI is InChI=1S/C10H18O.C3H6O2/c1-9(2)5-4-6-10(3)7-8-11;1-2-3(4)5/h7,11H,1,4-6,8H2,2-3H3;2H2,1H3,(H,4,5). The monoisotopic (exact) mass is 228 g/mol. The fraction of sp³-hybridized carbons (Fsp3) is 0.615. The van der Waals surface area contributed by atoms with Crippen LogP contribution in [0.1, 0.15) is 46.5 Å². The number of hydrogen-bond acceptors (Lipinski definition) is 2. The van der Waals surface area contributed by atoms with E-state index in [0.717, 1.165) is 19.3 Å². The fourth-order valence-corrected chi connectivity index (χ4v) is 0.927. The van der Waals surface area contributed by atoms with Crippen LogP contribution in [-0.2, 0) is 4.79 Å². The van der Waals surface area contributed by atoms with Gasteiger partial charge in [0.1, 0.15) is 0 Å². The number of aliphatic hydroxyl groups is 1. The summed E-state index contributed by atoms with van der Waals surface area (Å²) in [6.45, 7) is 9.69. The number of carbonyl (C=O) groups is 1. The first kappa shape index (κ1) is 17.3. The van der Waals surface area contributed by atoms with E-state index in [9.17, 15) is 4.79 Å². The average molecular weight is 228 g/mol. The highest BCUT2D eigenvalue weighted by Crippen LogP contribution is 2.09. The zero-order valence-electron chi connectivity index (χ0n) is 10.6. The molecule has 0 amide bonds. The smallest absolute Gasteiger partial charge is 0.303 e. The summed E-state index contributed by atoms with van der Waals surface area (Å²) in [5.74, 6) is -0.745. The highest BCUT2D eigenvalue weighted by atomic mass is 16.4. The Morgan fingerprint density at radius 3 is 2.12 bits per heavy atom. The number of carboxylic acids is 1. The van der Waals surface area contributed by atoms with Crippen molar-refractivity contribution in [3.05, 3.63) is 23.8 Å². The molecule has 2 N–H and O–H groups in total. The maximum absolute atomic E-state index is 9.37. The lowest BCUT2D eigenvalue weighted by Crippen LogP contribution is -1.86. The highest BCUT2D eigenvalue weighted by Gasteiger charge is 1.90. The van der Waals surface area contributed by atoms with Crippen molar-refractivity contribution < 1.29 is 15.0 Å². The molecule has 0 aromatic heterocycles. The third-order valence-corrected chi connectivity index (χ3v) is 1.92. The summed E-state index contributed by atoms with van der Waals surface area (Å²) in [6, 6.07) is 0. The van der Waals surface area contributed by atoms with Gasteiger partial charge in [0.15, 0.2) is 0 Å². The summed E-state index contributed by atoms with van der Waals surface area (Å²) in [4.78, 5) is 9.37. The maximum atomic E-state index is 9.37. The molecule has 94 valence electrons. The van der Waals surface area contributed by atoms with E-state index in [1.807, 2.05) is 13.0 Å². The quantitative estimate of drug-likeness (QED) is 0.687. The molecule has 0 aliphatic rings. The van der Waals surface area contributed by atoms with E-state index < -0.39 is 5.97 Å². The summed E-state index contributed by atoms with van der Waals surface area (Å²) >= 11 is 0. The fourth-order valence-electron chi connectivity index (χ4n) is 0.927. The minimum atomic E-state index is -0.745. The van der Waals surface area contributed by atoms with E-state index in [2.05, 4.69) is 13.5 Å². The molecule has 0 aliphatic heterocycles. The van der Waals surface area contributed by atoms with Gasteiger partial charge >= 0.3 is 5.97 Å². The van der Waals surface area contributed by atoms with Gasteiger partial charge in [-0.2, -0.15) is 0 Å². The van der Waals surface area contributed by atoms with Gasteiger partial charge in [0.25, 0.3) is 0 Å². The van der Waals surface area contributed by atoms with E-state index >= 15 is 0 Å². The number of hydrogen-bond donors (Lipinski definition) is 2. The van der Waals surface area contributed by atoms with Crippen LogP contribution in [0.25, 0.3) is 0 Å². The minimum absolute atomic E-state index is 0.166. The van der Waals surface area contributed by atoms with E-state index in [0.29, 0.717) is 0 Å². The first-order valence-corrected chi connectivity index (χ1v) is 5.56. The second kappa shape index (κ2) is 12.0. The van der Waals surface area contributed by atoms with Crippen molar-refractivity contribution in [2.75, 3.05) is 6.61 Å². The number of carboxylic acid groups (broad SMARTS) is 1. The van der Waals surface area contributed by atoms with E-state index in [4.69, 9.17) is 10.2 Å². The molecule has 0 spiro atoms. The van der Waals surface area contributed by atoms with Crippen LogP contribution < -0.4 is 0 Å². The van der Waals surface area contributed by atoms with Gasteiger partial charge < -0.3 is 10.2 Å². The summed E-state index contributed by atoms with van der Waals surface area (Å²) in [5, 5.41) is 16.3. The third kappa shape index (κ3) is 18.6. The Balaban J connectivity index is 0. The second-order valence-electron chi connectivity index (χ2n) is 3.79. The summed E-state index contributed by atoms with van der Waals surface area (Å²) in [5.41, 5.74) is 2.51. The van der Waals surface area contributed by atoms with Gasteiger partial charge in [-0.15, -0.1) is 6.58 Å². The molecular weight excluding hydrogens is 204 g/mol. The van der Waals surface area contributed by atoms with Gasteiger partial charge in [-0.25, -0.2) is 0 Å². The molecule has 0 bridgehead atoms. The highest BCUT2D eigenvalue weighted by molar-refractivity contribution is 5.66. The molecular formula is C13H24O3. The van der Waals surface area contributed by atoms with Crippen molar-refractivity contribution in [1.82, 2.24) is 0 Å². The van der Waals surface area contributed by atoms with Crippen molar-refractivity contribution in [3.63, 3.8) is 0 Å². The SMILES string of the molecule is C=C(C)CCCC(C)=CCO.CCC(=O)O. The molecule has 0 radical (unpaired) electrons. The van der Waals surface area contributed by atoms with Crippen LogP contribution in [0.2, 0.25) is 0 Å². The lowest BCUT2D eigenvalue weighted by molar-refractivity contribution is -0.136. The molecule has 3 nitrogen and oxygen atoms in total. The van der Waals surface area contributed by atoms with Crippen LogP contribution in [-0.4, -0.2) is 22.8 Å². The Morgan fingerprint density at radius 1 is 1.31 bits per heavy atom. The van der Waals surface area contributed by atoms with Gasteiger partial charge in [-0.3, -0.25) is 4.79 Å². The first-order valence-electron chi connectivity index (χ1n) is 5.56. The summed E-state index contributed by atoms with van der Waals surface area (Å²) in [6.07, 6.45) is 5.40. The van der Waals surface area contributed by atoms with Crippen LogP contribution in [0.3, 0.4) is 0 Å². The van der Waals surface area contributed by atoms with Crippen LogP contribution >= 0.6 is 0 Å². The van der Waals surface area contributed by atoms with E-state index in [-0.39, 0.29) is 13.0 Å². The molecule has 0 aromatic carbocycles. The Kier molecular flexibility index (Phi) is 13.0. The lowest BCUT2D eigenvalue weighted by Gasteiger charge is -2.00. The normalized spacial score (nSPS) is 10.4. The molecule has 0 atom stereocenters. The second-order valence-corrected chi connectivity index (χ2v) is 3.79. The van der Waals surface area contributed by atoms with Crippen LogP contribution in [0.15, 0.2) is 23.8 Å². The average Bonchev–Trinajstić information content (AvgIpc) is 2.18. The molecule has 0 aromatic rings. The van der Waals surface area contributed by atoms with Crippen LogP contribution in [0.4, 0.5) is 0 Å². The molecule has 0 rings (SSSR count). The third-order valence-electron chi connectivity index (χ3n) is 1.92. The summed E-state index contributed by atoms with van der Waals surface area (Å²) in [7, 11) is 0. The molecule has 16 heavy (non-hydrogen) atoms. The minimum Gasteiger partial charge on any atom is -0.481 e. The molecule has 0 saturated heterocycles. The Labute approximate surface area is 98.5 Å². The zero-order chi connectivity index (χ0) is 13.0. The molecule has 0 aliphatic carbocycles. The van der Waals surface area contributed by atoms with Crippen molar-refractivity contribution in [3.8, 4) is 0 Å². The van der Waals surface area contributed by atoms with Crippen LogP contribution in [0.5, 0.6) is 0 Å². The van der Waals surface area contributed by atoms with Gasteiger partial charge in [0, 0.05) is 6.42 Å². The largest absolute Gasteiger partial charge is 0.481 e. The number of allylic oxidation sites excluding steroid dienone is 2. The lowest BCUT2D eigenvalue weighted by atomic mass is 10.1. The Bertz CT molecular complexity index is 229. The first-order chi connectivity index (χ1) is 7.43. The topological polar surface area (TPSA) is 57.5 Å². The van der Waals surface area contributed by atoms with E-state index in [1.54, 1.807) is 6.92 Å². The predicted molar refractivity (Wildman–Crippen MR) is 67.4 cm³/mol. The maximum Gasteiger partial charge on any atom is 0.303 e. The van der Waals surface area contributed by atoms with Gasteiger partial charge in [0.2, 0.25) is 0 Å². The van der Waals surface area contributed by atoms with Crippen molar-refractivity contribution >= 4 is 5.97 Å². The van der Waals surface area contributed by atoms with Crippen molar-refractivity contribution in [2.24, 2.45) is 0 Å². The van der Waals surface area contributed by atoms with Crippen molar-refractivity contribution in [2.45, 2.75) is 46.5 Å². The number of rotatable bonds is 6. The number of aliphatic hydroxyl groups excluding tert-OH is 1. The summed E-state index contributed by atoms with van der Waals surface area (Å²) < 4.78 is 0. The Hall–Kier alpha value is -1.09. The zero-order valence-corrected chi connectivity index (χ0v) is 10.6. The number of aliphatic carboxylic acids is 1. The van der Waals surface area contributed by atoms with Crippen molar-refractivity contribution in [1.29, 1.82) is 0 Å². The molecule has 0 heterocycles. The van der Waals surface area contributed by atoms with Gasteiger partial charge in [-0.05, 0) is 33.1 Å². The molecule has 0 saturated carbocycles.